The van der Waals surface area contributed by atoms with Crippen molar-refractivity contribution < 1.29 is 0 Å². The number of aryl methyl sites for hydroxylation is 1. The van der Waals surface area contributed by atoms with Crippen LogP contribution in [0.2, 0.25) is 0 Å². The second-order valence-electron chi connectivity index (χ2n) is 3.84. The van der Waals surface area contributed by atoms with Crippen molar-refractivity contribution in [3.63, 3.8) is 0 Å². The maximum atomic E-state index is 6.13. The summed E-state index contributed by atoms with van der Waals surface area (Å²) < 4.78 is 0. The highest BCUT2D eigenvalue weighted by molar-refractivity contribution is 5.46. The molecule has 3 nitrogen and oxygen atoms in total. The predicted molar refractivity (Wildman–Crippen MR) is 59.8 cm³/mol. The van der Waals surface area contributed by atoms with Gasteiger partial charge in [-0.3, -0.25) is 0 Å². The number of nitrogens with zero attached hydrogens (tertiary/aromatic N) is 1. The fourth-order valence-corrected chi connectivity index (χ4v) is 1.56. The Bertz CT molecular complexity index is 289. The lowest BCUT2D eigenvalue weighted by atomic mass is 9.91. The van der Waals surface area contributed by atoms with Crippen LogP contribution < -0.4 is 11.5 Å². The maximum absolute atomic E-state index is 6.13. The van der Waals surface area contributed by atoms with Crippen LogP contribution in [0.5, 0.6) is 0 Å². The van der Waals surface area contributed by atoms with Crippen molar-refractivity contribution in [3.8, 4) is 0 Å². The zero-order valence-corrected chi connectivity index (χ0v) is 9.12. The van der Waals surface area contributed by atoms with Crippen LogP contribution in [0.3, 0.4) is 0 Å². The molecule has 0 aromatic carbocycles. The van der Waals surface area contributed by atoms with Crippen LogP contribution in [0.15, 0.2) is 12.3 Å². The molecule has 0 fully saturated rings. The van der Waals surface area contributed by atoms with E-state index in [9.17, 15) is 0 Å². The average Bonchev–Trinajstić information content (AvgIpc) is 2.16. The monoisotopic (exact) mass is 193 g/mol. The molecular formula is C11H19N3. The number of nitrogen functional groups attached to an aromatic ring is 1. The zero-order valence-electron chi connectivity index (χ0n) is 9.12. The fourth-order valence-electron chi connectivity index (χ4n) is 1.56. The molecule has 78 valence electrons. The summed E-state index contributed by atoms with van der Waals surface area (Å²) in [6, 6.07) is 1.95. The van der Waals surface area contributed by atoms with Gasteiger partial charge in [-0.05, 0) is 24.5 Å². The molecule has 0 radical (unpaired) electrons. The van der Waals surface area contributed by atoms with Gasteiger partial charge in [-0.25, -0.2) is 4.98 Å². The Kier molecular flexibility index (Phi) is 3.47. The number of hydrogen-bond donors (Lipinski definition) is 2. The topological polar surface area (TPSA) is 64.9 Å². The Morgan fingerprint density at radius 2 is 2.14 bits per heavy atom. The van der Waals surface area contributed by atoms with Gasteiger partial charge >= 0.3 is 0 Å². The van der Waals surface area contributed by atoms with E-state index >= 15 is 0 Å². The highest BCUT2D eigenvalue weighted by Crippen LogP contribution is 2.27. The molecular weight excluding hydrogens is 174 g/mol. The van der Waals surface area contributed by atoms with Gasteiger partial charge in [-0.15, -0.1) is 0 Å². The van der Waals surface area contributed by atoms with E-state index in [4.69, 9.17) is 11.5 Å². The first-order valence-electron chi connectivity index (χ1n) is 5.04. The van der Waals surface area contributed by atoms with E-state index in [1.807, 2.05) is 13.0 Å². The third kappa shape index (κ3) is 2.04. The Morgan fingerprint density at radius 1 is 1.50 bits per heavy atom. The van der Waals surface area contributed by atoms with Gasteiger partial charge in [-0.1, -0.05) is 20.3 Å². The molecule has 14 heavy (non-hydrogen) atoms. The van der Waals surface area contributed by atoms with E-state index in [0.29, 0.717) is 11.7 Å². The van der Waals surface area contributed by atoms with Gasteiger partial charge in [0.2, 0.25) is 0 Å². The molecule has 0 aliphatic heterocycles. The van der Waals surface area contributed by atoms with E-state index in [1.165, 1.54) is 0 Å². The summed E-state index contributed by atoms with van der Waals surface area (Å²) in [4.78, 5) is 4.08. The molecule has 4 N–H and O–H groups in total. The quantitative estimate of drug-likeness (QED) is 0.771. The molecule has 0 aliphatic carbocycles. The molecule has 1 heterocycles. The van der Waals surface area contributed by atoms with Crippen molar-refractivity contribution >= 4 is 5.82 Å². The van der Waals surface area contributed by atoms with Crippen molar-refractivity contribution in [1.29, 1.82) is 0 Å². The van der Waals surface area contributed by atoms with Crippen molar-refractivity contribution in [2.45, 2.75) is 33.2 Å². The number of hydrogen-bond acceptors (Lipinski definition) is 3. The van der Waals surface area contributed by atoms with Crippen LogP contribution in [0.4, 0.5) is 5.82 Å². The molecule has 1 rings (SSSR count). The molecule has 0 amide bonds. The minimum absolute atomic E-state index is 0.00583. The highest BCUT2D eigenvalue weighted by Gasteiger charge is 2.18. The second-order valence-corrected chi connectivity index (χ2v) is 3.84. The van der Waals surface area contributed by atoms with E-state index in [0.717, 1.165) is 17.5 Å². The van der Waals surface area contributed by atoms with Crippen LogP contribution >= 0.6 is 0 Å². The molecule has 0 spiro atoms. The Morgan fingerprint density at radius 3 is 2.64 bits per heavy atom. The summed E-state index contributed by atoms with van der Waals surface area (Å²) in [5.41, 5.74) is 14.1. The zero-order chi connectivity index (χ0) is 10.7. The third-order valence-electron chi connectivity index (χ3n) is 2.83. The van der Waals surface area contributed by atoms with Crippen molar-refractivity contribution in [3.05, 3.63) is 23.4 Å². The number of rotatable bonds is 3. The van der Waals surface area contributed by atoms with Crippen LogP contribution in [-0.4, -0.2) is 4.98 Å². The van der Waals surface area contributed by atoms with Gasteiger partial charge in [0.1, 0.15) is 5.82 Å². The fraction of sp³-hybridized carbons (Fsp3) is 0.545. The first-order chi connectivity index (χ1) is 6.57. The summed E-state index contributed by atoms with van der Waals surface area (Å²) in [5.74, 6) is 0.998. The summed E-state index contributed by atoms with van der Waals surface area (Å²) in [6.45, 7) is 6.29. The Balaban J connectivity index is 3.05. The predicted octanol–water partition coefficient (Wildman–Crippen LogP) is 2.02. The standard InChI is InChI=1S/C11H19N3/c1-4-7(2)10(12)9-8(3)5-6-14-11(9)13/h5-7,10H,4,12H2,1-3H3,(H2,13,14). The van der Waals surface area contributed by atoms with Crippen molar-refractivity contribution in [2.75, 3.05) is 5.73 Å². The van der Waals surface area contributed by atoms with Gasteiger partial charge < -0.3 is 11.5 Å². The summed E-state index contributed by atoms with van der Waals surface area (Å²) >= 11 is 0. The first kappa shape index (κ1) is 11.0. The van der Waals surface area contributed by atoms with Crippen molar-refractivity contribution in [2.24, 2.45) is 11.7 Å². The smallest absolute Gasteiger partial charge is 0.128 e. The number of nitrogens with two attached hydrogens (primary N) is 2. The number of pyridine rings is 1. The minimum atomic E-state index is -0.00583. The van der Waals surface area contributed by atoms with E-state index in [2.05, 4.69) is 18.8 Å². The van der Waals surface area contributed by atoms with E-state index < -0.39 is 0 Å². The molecule has 1 aromatic rings. The molecule has 2 atom stereocenters. The van der Waals surface area contributed by atoms with Crippen LogP contribution in [0, 0.1) is 12.8 Å². The number of anilines is 1. The summed E-state index contributed by atoms with van der Waals surface area (Å²) in [6.07, 6.45) is 2.77. The lowest BCUT2D eigenvalue weighted by Crippen LogP contribution is -2.21. The minimum Gasteiger partial charge on any atom is -0.383 e. The van der Waals surface area contributed by atoms with E-state index in [-0.39, 0.29) is 6.04 Å². The van der Waals surface area contributed by atoms with Gasteiger partial charge in [0.25, 0.3) is 0 Å². The number of aromatic nitrogens is 1. The summed E-state index contributed by atoms with van der Waals surface area (Å²) in [7, 11) is 0. The van der Waals surface area contributed by atoms with Crippen molar-refractivity contribution in [1.82, 2.24) is 4.98 Å². The lowest BCUT2D eigenvalue weighted by molar-refractivity contribution is 0.455. The highest BCUT2D eigenvalue weighted by atomic mass is 14.8. The average molecular weight is 193 g/mol. The molecule has 3 heteroatoms. The molecule has 1 aromatic heterocycles. The van der Waals surface area contributed by atoms with Gasteiger partial charge in [-0.2, -0.15) is 0 Å². The normalized spacial score (nSPS) is 15.1. The molecule has 0 saturated heterocycles. The van der Waals surface area contributed by atoms with Crippen LogP contribution in [0.25, 0.3) is 0 Å². The lowest BCUT2D eigenvalue weighted by Gasteiger charge is -2.21. The summed E-state index contributed by atoms with van der Waals surface area (Å²) in [5, 5.41) is 0. The largest absolute Gasteiger partial charge is 0.383 e. The Labute approximate surface area is 85.5 Å². The van der Waals surface area contributed by atoms with Crippen LogP contribution in [-0.2, 0) is 0 Å². The molecule has 0 saturated carbocycles. The Hall–Kier alpha value is -1.09. The van der Waals surface area contributed by atoms with Gasteiger partial charge in [0, 0.05) is 17.8 Å². The van der Waals surface area contributed by atoms with Crippen LogP contribution in [0.1, 0.15) is 37.4 Å². The third-order valence-corrected chi connectivity index (χ3v) is 2.83. The SMILES string of the molecule is CCC(C)C(N)c1c(C)ccnc1N. The van der Waals surface area contributed by atoms with Gasteiger partial charge in [0.15, 0.2) is 0 Å². The van der Waals surface area contributed by atoms with E-state index in [1.54, 1.807) is 6.20 Å². The van der Waals surface area contributed by atoms with Gasteiger partial charge in [0.05, 0.1) is 0 Å². The first-order valence-corrected chi connectivity index (χ1v) is 5.04. The molecule has 0 aliphatic rings. The molecule has 2 unspecified atom stereocenters. The maximum Gasteiger partial charge on any atom is 0.128 e. The second kappa shape index (κ2) is 4.42. The molecule has 0 bridgehead atoms.